The van der Waals surface area contributed by atoms with Gasteiger partial charge in [0.2, 0.25) is 0 Å². The number of nitrogens with zero attached hydrogens (tertiary/aromatic N) is 2. The number of likely N-dealkylation sites (N-methyl/N-ethyl adjacent to an activating group) is 1. The molecule has 3 N–H and O–H groups in total. The molecule has 0 aliphatic carbocycles. The Hall–Kier alpha value is -1.89. The van der Waals surface area contributed by atoms with Crippen LogP contribution in [0.3, 0.4) is 0 Å². The van der Waals surface area contributed by atoms with E-state index in [0.717, 1.165) is 24.2 Å². The molecule has 2 rings (SSSR count). The molecule has 4 nitrogen and oxygen atoms in total. The summed E-state index contributed by atoms with van der Waals surface area (Å²) >= 11 is 0. The second-order valence-electron chi connectivity index (χ2n) is 3.32. The lowest BCUT2D eigenvalue weighted by atomic mass is 10.0. The van der Waals surface area contributed by atoms with Gasteiger partial charge in [-0.2, -0.15) is 5.26 Å². The van der Waals surface area contributed by atoms with Gasteiger partial charge in [0.15, 0.2) is 0 Å². The highest BCUT2D eigenvalue weighted by Crippen LogP contribution is 2.29. The minimum absolute atomic E-state index is 0.445. The number of allylic oxidation sites excluding steroid dienone is 1. The molecule has 0 atom stereocenters. The van der Waals surface area contributed by atoms with E-state index in [1.807, 2.05) is 12.4 Å². The Kier molecular flexibility index (Phi) is 1.93. The van der Waals surface area contributed by atoms with Gasteiger partial charge in [0.1, 0.15) is 17.5 Å². The quantitative estimate of drug-likeness (QED) is 0.624. The van der Waals surface area contributed by atoms with Crippen molar-refractivity contribution < 1.29 is 0 Å². The van der Waals surface area contributed by atoms with E-state index >= 15 is 0 Å². The van der Waals surface area contributed by atoms with Crippen LogP contribution in [-0.4, -0.2) is 18.0 Å². The zero-order valence-electron chi connectivity index (χ0n) is 8.04. The summed E-state index contributed by atoms with van der Waals surface area (Å²) in [6, 6.07) is 2.13. The van der Waals surface area contributed by atoms with Crippen molar-refractivity contribution in [3.05, 3.63) is 34.9 Å². The summed E-state index contributed by atoms with van der Waals surface area (Å²) in [7, 11) is 0. The Morgan fingerprint density at radius 3 is 3.14 bits per heavy atom. The first-order valence-electron chi connectivity index (χ1n) is 4.58. The van der Waals surface area contributed by atoms with Gasteiger partial charge in [0.05, 0.1) is 0 Å². The summed E-state index contributed by atoms with van der Waals surface area (Å²) in [5, 5.41) is 11.9. The van der Waals surface area contributed by atoms with Crippen molar-refractivity contribution in [3.63, 3.8) is 0 Å². The van der Waals surface area contributed by atoms with Crippen LogP contribution in [0.2, 0.25) is 0 Å². The van der Waals surface area contributed by atoms with Crippen LogP contribution in [0.1, 0.15) is 6.92 Å². The third-order valence-electron chi connectivity index (χ3n) is 2.49. The highest BCUT2D eigenvalue weighted by molar-refractivity contribution is 5.59. The summed E-state index contributed by atoms with van der Waals surface area (Å²) in [5.41, 5.74) is 8.33. The second kappa shape index (κ2) is 3.11. The van der Waals surface area contributed by atoms with Gasteiger partial charge in [0.25, 0.3) is 0 Å². The molecule has 0 spiro atoms. The van der Waals surface area contributed by atoms with E-state index in [1.54, 1.807) is 0 Å². The molecule has 0 bridgehead atoms. The van der Waals surface area contributed by atoms with Crippen LogP contribution in [0.25, 0.3) is 0 Å². The highest BCUT2D eigenvalue weighted by Gasteiger charge is 2.24. The average molecular weight is 188 g/mol. The molecule has 72 valence electrons. The van der Waals surface area contributed by atoms with Crippen molar-refractivity contribution in [1.29, 1.82) is 5.26 Å². The van der Waals surface area contributed by atoms with E-state index < -0.39 is 0 Å². The maximum atomic E-state index is 8.95. The van der Waals surface area contributed by atoms with E-state index in [1.165, 1.54) is 0 Å². The number of rotatable bonds is 1. The molecule has 0 saturated carbocycles. The molecular weight excluding hydrogens is 176 g/mol. The standard InChI is InChI=1S/C10H12N4/c1-2-14-5-7-4-13-10(12)8(3-11)9(7)6-14/h4,6,13H,2,5,12H2,1H3. The van der Waals surface area contributed by atoms with Gasteiger partial charge in [-0.15, -0.1) is 0 Å². The molecule has 2 aliphatic heterocycles. The summed E-state index contributed by atoms with van der Waals surface area (Å²) in [5.74, 6) is 0.445. The van der Waals surface area contributed by atoms with Crippen LogP contribution in [0.15, 0.2) is 34.9 Å². The minimum Gasteiger partial charge on any atom is -0.384 e. The number of nitrogens with two attached hydrogens (primary N) is 1. The monoisotopic (exact) mass is 188 g/mol. The molecular formula is C10H12N4. The van der Waals surface area contributed by atoms with Gasteiger partial charge in [-0.25, -0.2) is 0 Å². The van der Waals surface area contributed by atoms with E-state index in [0.29, 0.717) is 11.4 Å². The first-order chi connectivity index (χ1) is 6.76. The van der Waals surface area contributed by atoms with Crippen LogP contribution >= 0.6 is 0 Å². The Morgan fingerprint density at radius 1 is 1.71 bits per heavy atom. The SMILES string of the molecule is CCN1C=C2C(=CNC(N)=C2C#N)C1. The second-order valence-corrected chi connectivity index (χ2v) is 3.32. The molecule has 2 aliphatic rings. The number of hydrogen-bond donors (Lipinski definition) is 2. The molecule has 0 fully saturated rings. The normalized spacial score (nSPS) is 19.6. The minimum atomic E-state index is 0.445. The third kappa shape index (κ3) is 1.14. The van der Waals surface area contributed by atoms with Crippen LogP contribution in [0.5, 0.6) is 0 Å². The van der Waals surface area contributed by atoms with Crippen molar-refractivity contribution in [2.75, 3.05) is 13.1 Å². The summed E-state index contributed by atoms with van der Waals surface area (Å²) < 4.78 is 0. The van der Waals surface area contributed by atoms with Gasteiger partial charge in [-0.05, 0) is 12.5 Å². The lowest BCUT2D eigenvalue weighted by Crippen LogP contribution is -2.22. The number of hydrogen-bond acceptors (Lipinski definition) is 4. The first-order valence-corrected chi connectivity index (χ1v) is 4.58. The average Bonchev–Trinajstić information content (AvgIpc) is 2.60. The van der Waals surface area contributed by atoms with E-state index in [9.17, 15) is 0 Å². The molecule has 0 amide bonds. The van der Waals surface area contributed by atoms with E-state index in [2.05, 4.69) is 23.2 Å². The largest absolute Gasteiger partial charge is 0.384 e. The van der Waals surface area contributed by atoms with E-state index in [-0.39, 0.29) is 0 Å². The zero-order valence-corrected chi connectivity index (χ0v) is 8.04. The number of nitrogens with one attached hydrogen (secondary N) is 1. The first kappa shape index (κ1) is 8.70. The van der Waals surface area contributed by atoms with Gasteiger partial charge in [0, 0.05) is 31.1 Å². The van der Waals surface area contributed by atoms with Gasteiger partial charge in [-0.3, -0.25) is 0 Å². The van der Waals surface area contributed by atoms with Crippen molar-refractivity contribution in [1.82, 2.24) is 10.2 Å². The smallest absolute Gasteiger partial charge is 0.119 e. The zero-order chi connectivity index (χ0) is 10.1. The summed E-state index contributed by atoms with van der Waals surface area (Å²) in [4.78, 5) is 2.15. The van der Waals surface area contributed by atoms with Gasteiger partial charge >= 0.3 is 0 Å². The van der Waals surface area contributed by atoms with Crippen LogP contribution < -0.4 is 11.1 Å². The number of nitriles is 1. The molecule has 0 aromatic heterocycles. The molecule has 0 aromatic rings. The lowest BCUT2D eigenvalue weighted by Gasteiger charge is -2.14. The topological polar surface area (TPSA) is 65.1 Å². The fourth-order valence-corrected chi connectivity index (χ4v) is 1.67. The maximum Gasteiger partial charge on any atom is 0.119 e. The molecule has 14 heavy (non-hydrogen) atoms. The lowest BCUT2D eigenvalue weighted by molar-refractivity contribution is 0.450. The van der Waals surface area contributed by atoms with Crippen LogP contribution in [-0.2, 0) is 0 Å². The highest BCUT2D eigenvalue weighted by atomic mass is 15.1. The third-order valence-corrected chi connectivity index (χ3v) is 2.49. The van der Waals surface area contributed by atoms with Gasteiger partial charge < -0.3 is 16.0 Å². The molecule has 0 saturated heterocycles. The molecule has 0 aromatic carbocycles. The van der Waals surface area contributed by atoms with Crippen molar-refractivity contribution in [2.24, 2.45) is 5.73 Å². The predicted octanol–water partition coefficient (Wildman–Crippen LogP) is 0.387. The van der Waals surface area contributed by atoms with Gasteiger partial charge in [-0.1, -0.05) is 0 Å². The Balaban J connectivity index is 2.40. The molecule has 0 unspecified atom stereocenters. The Bertz CT molecular complexity index is 395. The van der Waals surface area contributed by atoms with Crippen molar-refractivity contribution >= 4 is 0 Å². The van der Waals surface area contributed by atoms with Crippen molar-refractivity contribution in [3.8, 4) is 6.07 Å². The van der Waals surface area contributed by atoms with Crippen molar-refractivity contribution in [2.45, 2.75) is 6.92 Å². The number of dihydropyridines is 1. The molecule has 2 heterocycles. The maximum absolute atomic E-state index is 8.95. The van der Waals surface area contributed by atoms with E-state index in [4.69, 9.17) is 11.0 Å². The predicted molar refractivity (Wildman–Crippen MR) is 53.4 cm³/mol. The van der Waals surface area contributed by atoms with Crippen LogP contribution in [0, 0.1) is 11.3 Å². The Labute approximate surface area is 83.0 Å². The van der Waals surface area contributed by atoms with Crippen LogP contribution in [0.4, 0.5) is 0 Å². The number of fused-ring (bicyclic) bond motifs is 1. The summed E-state index contributed by atoms with van der Waals surface area (Å²) in [6.45, 7) is 3.89. The Morgan fingerprint density at radius 2 is 2.50 bits per heavy atom. The summed E-state index contributed by atoms with van der Waals surface area (Å²) in [6.07, 6.45) is 3.87. The fraction of sp³-hybridized carbons (Fsp3) is 0.300. The molecule has 0 radical (unpaired) electrons. The molecule has 4 heteroatoms. The fourth-order valence-electron chi connectivity index (χ4n) is 1.67.